The van der Waals surface area contributed by atoms with Gasteiger partial charge in [-0.3, -0.25) is 4.79 Å². The lowest BCUT2D eigenvalue weighted by Crippen LogP contribution is -2.41. The van der Waals surface area contributed by atoms with Crippen LogP contribution in [0, 0.1) is 24.4 Å². The normalized spacial score (nSPS) is 16.1. The molecule has 0 aliphatic carbocycles. The molecule has 0 N–H and O–H groups in total. The first kappa shape index (κ1) is 24.5. The third-order valence-electron chi connectivity index (χ3n) is 6.01. The fourth-order valence-corrected chi connectivity index (χ4v) is 4.31. The van der Waals surface area contributed by atoms with E-state index in [0.717, 1.165) is 29.1 Å². The summed E-state index contributed by atoms with van der Waals surface area (Å²) in [5.74, 6) is -3.80. The average molecular weight is 486 g/mol. The summed E-state index contributed by atoms with van der Waals surface area (Å²) in [6.07, 6.45) is 6.58. The van der Waals surface area contributed by atoms with Crippen LogP contribution in [0.25, 0.3) is 11.8 Å². The molecule has 3 aromatic rings. The lowest BCUT2D eigenvalue weighted by Gasteiger charge is -2.35. The van der Waals surface area contributed by atoms with Gasteiger partial charge in [0.25, 0.3) is 0 Å². The molecule has 1 aliphatic heterocycles. The summed E-state index contributed by atoms with van der Waals surface area (Å²) in [6, 6.07) is 6.66. The van der Waals surface area contributed by atoms with E-state index >= 15 is 0 Å². The second kappa shape index (κ2) is 10.4. The van der Waals surface area contributed by atoms with Crippen molar-refractivity contribution in [1.29, 1.82) is 0 Å². The van der Waals surface area contributed by atoms with Gasteiger partial charge in [-0.2, -0.15) is 0 Å². The van der Waals surface area contributed by atoms with Crippen LogP contribution in [0.1, 0.15) is 35.7 Å². The van der Waals surface area contributed by atoms with E-state index in [1.165, 1.54) is 12.0 Å². The third-order valence-corrected chi connectivity index (χ3v) is 6.01. The predicted molar refractivity (Wildman–Crippen MR) is 125 cm³/mol. The maximum absolute atomic E-state index is 13.9. The molecule has 1 fully saturated rings. The summed E-state index contributed by atoms with van der Waals surface area (Å²) in [4.78, 5) is 19.2. The van der Waals surface area contributed by atoms with Crippen LogP contribution in [-0.4, -0.2) is 47.7 Å². The molecular weight excluding hydrogens is 459 g/mol. The van der Waals surface area contributed by atoms with E-state index in [-0.39, 0.29) is 18.1 Å². The lowest BCUT2D eigenvalue weighted by atomic mass is 9.96. The molecule has 9 heteroatoms. The van der Waals surface area contributed by atoms with Crippen molar-refractivity contribution in [1.82, 2.24) is 14.5 Å². The van der Waals surface area contributed by atoms with Gasteiger partial charge in [0.1, 0.15) is 5.75 Å². The number of imidazole rings is 1. The topological polar surface area (TPSA) is 56.6 Å². The standard InChI is InChI=1S/C26H26F3N3O3/c1-16-13-31(15-30-16)22-7-6-17(10-24(22)35-3)9-18-5-4-8-32(26(18)33)23(14-34-2)19-11-20(27)25(29)21(28)12-19/h6-7,9-13,15,23H,4-5,8,14H2,1-3H3/b18-9+. The van der Waals surface area contributed by atoms with Crippen molar-refractivity contribution in [2.45, 2.75) is 25.8 Å². The van der Waals surface area contributed by atoms with Crippen LogP contribution < -0.4 is 4.74 Å². The molecule has 6 nitrogen and oxygen atoms in total. The summed E-state index contributed by atoms with van der Waals surface area (Å²) >= 11 is 0. The van der Waals surface area contributed by atoms with Gasteiger partial charge in [0.15, 0.2) is 17.5 Å². The first-order chi connectivity index (χ1) is 16.8. The number of methoxy groups -OCH3 is 2. The molecule has 184 valence electrons. The van der Waals surface area contributed by atoms with Crippen molar-refractivity contribution < 1.29 is 27.4 Å². The number of nitrogens with zero attached hydrogens (tertiary/aromatic N) is 3. The molecule has 1 atom stereocenters. The minimum absolute atomic E-state index is 0.0103. The van der Waals surface area contributed by atoms with Crippen LogP contribution in [0.3, 0.4) is 0 Å². The zero-order chi connectivity index (χ0) is 25.1. The second-order valence-electron chi connectivity index (χ2n) is 8.39. The SMILES string of the molecule is COCC(c1cc(F)c(F)c(F)c1)N1CCC/C(=C\c2ccc(-n3cnc(C)c3)c(OC)c2)C1=O. The van der Waals surface area contributed by atoms with Crippen molar-refractivity contribution in [2.75, 3.05) is 27.4 Å². The highest BCUT2D eigenvalue weighted by molar-refractivity contribution is 5.98. The fourth-order valence-electron chi connectivity index (χ4n) is 4.31. The highest BCUT2D eigenvalue weighted by atomic mass is 19.2. The molecule has 1 aliphatic rings. The summed E-state index contributed by atoms with van der Waals surface area (Å²) < 4.78 is 54.0. The van der Waals surface area contributed by atoms with Gasteiger partial charge >= 0.3 is 0 Å². The number of ether oxygens (including phenoxy) is 2. The molecule has 1 aromatic heterocycles. The van der Waals surface area contributed by atoms with E-state index in [9.17, 15) is 18.0 Å². The number of hydrogen-bond acceptors (Lipinski definition) is 4. The maximum Gasteiger partial charge on any atom is 0.250 e. The molecule has 4 rings (SSSR count). The van der Waals surface area contributed by atoms with Gasteiger partial charge in [-0.15, -0.1) is 0 Å². The Balaban J connectivity index is 1.64. The molecule has 2 heterocycles. The molecule has 35 heavy (non-hydrogen) atoms. The number of piperidine rings is 1. The van der Waals surface area contributed by atoms with Crippen molar-refractivity contribution in [3.63, 3.8) is 0 Å². The number of carbonyl (C=O) groups excluding carboxylic acids is 1. The Hall–Kier alpha value is -3.59. The van der Waals surface area contributed by atoms with Gasteiger partial charge < -0.3 is 18.9 Å². The minimum atomic E-state index is -1.54. The Morgan fingerprint density at radius 3 is 2.51 bits per heavy atom. The third kappa shape index (κ3) is 5.09. The Kier molecular flexibility index (Phi) is 7.25. The lowest BCUT2D eigenvalue weighted by molar-refractivity contribution is -0.132. The first-order valence-electron chi connectivity index (χ1n) is 11.2. The number of benzene rings is 2. The highest BCUT2D eigenvalue weighted by Gasteiger charge is 2.31. The minimum Gasteiger partial charge on any atom is -0.495 e. The van der Waals surface area contributed by atoms with E-state index in [4.69, 9.17) is 9.47 Å². The molecular formula is C26H26F3N3O3. The summed E-state index contributed by atoms with van der Waals surface area (Å²) in [6.45, 7) is 2.29. The van der Waals surface area contributed by atoms with Gasteiger partial charge in [-0.05, 0) is 61.2 Å². The van der Waals surface area contributed by atoms with Gasteiger partial charge in [-0.25, -0.2) is 18.2 Å². The fraction of sp³-hybridized carbons (Fsp3) is 0.308. The van der Waals surface area contributed by atoms with E-state index in [1.54, 1.807) is 19.5 Å². The molecule has 0 radical (unpaired) electrons. The Labute approximate surface area is 201 Å². The number of aromatic nitrogens is 2. The van der Waals surface area contributed by atoms with Crippen LogP contribution in [0.15, 0.2) is 48.4 Å². The molecule has 0 spiro atoms. The molecule has 0 bridgehead atoms. The first-order valence-corrected chi connectivity index (χ1v) is 11.2. The number of amides is 1. The van der Waals surface area contributed by atoms with Crippen LogP contribution in [0.5, 0.6) is 5.75 Å². The number of rotatable bonds is 7. The molecule has 0 saturated carbocycles. The molecule has 1 amide bonds. The highest BCUT2D eigenvalue weighted by Crippen LogP contribution is 2.32. The van der Waals surface area contributed by atoms with Gasteiger partial charge in [-0.1, -0.05) is 6.07 Å². The quantitative estimate of drug-likeness (QED) is 0.349. The van der Waals surface area contributed by atoms with Gasteiger partial charge in [0, 0.05) is 25.4 Å². The monoisotopic (exact) mass is 485 g/mol. The maximum atomic E-state index is 13.9. The van der Waals surface area contributed by atoms with E-state index in [0.29, 0.717) is 30.7 Å². The van der Waals surface area contributed by atoms with E-state index < -0.39 is 23.5 Å². The summed E-state index contributed by atoms with van der Waals surface area (Å²) in [5, 5.41) is 0. The number of carbonyl (C=O) groups is 1. The van der Waals surface area contributed by atoms with Crippen molar-refractivity contribution in [2.24, 2.45) is 0 Å². The van der Waals surface area contributed by atoms with E-state index in [2.05, 4.69) is 4.98 Å². The number of hydrogen-bond donors (Lipinski definition) is 0. The Bertz CT molecular complexity index is 1250. The second-order valence-corrected chi connectivity index (χ2v) is 8.39. The van der Waals surface area contributed by atoms with Gasteiger partial charge in [0.05, 0.1) is 37.5 Å². The van der Waals surface area contributed by atoms with Crippen LogP contribution in [0.4, 0.5) is 13.2 Å². The molecule has 2 aromatic carbocycles. The smallest absolute Gasteiger partial charge is 0.250 e. The number of halogens is 3. The predicted octanol–water partition coefficient (Wildman–Crippen LogP) is 5.00. The largest absolute Gasteiger partial charge is 0.495 e. The number of likely N-dealkylation sites (tertiary alicyclic amines) is 1. The zero-order valence-electron chi connectivity index (χ0n) is 19.7. The van der Waals surface area contributed by atoms with Crippen molar-refractivity contribution in [3.05, 3.63) is 82.7 Å². The number of aryl methyl sites for hydroxylation is 1. The van der Waals surface area contributed by atoms with Crippen LogP contribution >= 0.6 is 0 Å². The molecule has 1 unspecified atom stereocenters. The van der Waals surface area contributed by atoms with Crippen LogP contribution in [-0.2, 0) is 9.53 Å². The Morgan fingerprint density at radius 1 is 1.14 bits per heavy atom. The Morgan fingerprint density at radius 2 is 1.89 bits per heavy atom. The van der Waals surface area contributed by atoms with Crippen LogP contribution in [0.2, 0.25) is 0 Å². The average Bonchev–Trinajstić information content (AvgIpc) is 3.28. The summed E-state index contributed by atoms with van der Waals surface area (Å²) in [7, 11) is 3.01. The van der Waals surface area contributed by atoms with Gasteiger partial charge in [0.2, 0.25) is 5.91 Å². The van der Waals surface area contributed by atoms with Crippen molar-refractivity contribution >= 4 is 12.0 Å². The van der Waals surface area contributed by atoms with Crippen molar-refractivity contribution in [3.8, 4) is 11.4 Å². The zero-order valence-corrected chi connectivity index (χ0v) is 19.7. The van der Waals surface area contributed by atoms with E-state index in [1.807, 2.05) is 35.9 Å². The summed E-state index contributed by atoms with van der Waals surface area (Å²) in [5.41, 5.74) is 3.15. The molecule has 1 saturated heterocycles.